The van der Waals surface area contributed by atoms with Crippen molar-refractivity contribution in [3.8, 4) is 0 Å². The predicted molar refractivity (Wildman–Crippen MR) is 510 cm³/mol. The van der Waals surface area contributed by atoms with Crippen molar-refractivity contribution >= 4 is 100.0 Å². The van der Waals surface area contributed by atoms with Crippen molar-refractivity contribution in [1.29, 1.82) is 0 Å². The maximum atomic E-state index is 15.9. The van der Waals surface area contributed by atoms with Crippen molar-refractivity contribution in [1.82, 2.24) is 66.2 Å². The molecule has 0 aliphatic carbocycles. The molecule has 0 spiro atoms. The van der Waals surface area contributed by atoms with Crippen molar-refractivity contribution in [2.24, 2.45) is 41.4 Å². The van der Waals surface area contributed by atoms with Crippen molar-refractivity contribution in [2.45, 2.75) is 287 Å². The molecule has 4 aromatic rings. The van der Waals surface area contributed by atoms with E-state index >= 15 is 38.4 Å². The molecule has 1 aliphatic heterocycles. The summed E-state index contributed by atoms with van der Waals surface area (Å²) in [4.78, 5) is 203. The number of likely N-dealkylation sites (N-methyl/N-ethyl adjacent to an activating group) is 7. The molecule has 4 aromatic carbocycles. The SMILES string of the molecule is CC=CC[C@@H](C)[C@@H](O)[C@H]1C(=O)N[C@@H](CC)C(=O)N(C)C(Cc2ccc(C(=O)NCCCCCCNC(=O)CCCCC[P+](c3ccccc3)(c3ccccc3)c3ccccc3)cc2)C(=O)N(C)[C@@H](CC(C)C)C(=O)N[C@@H](C(C)C)C(=O)N(C)[C@@H](CC(C)C)C(=O)N[C@@H](C)C(=O)N[C@H](C)C(=O)N(C)[C@@H](CC(C)C)C(=O)N(C)[C@@H](CC(C)C)C(=O)N(C)[C@@H](C(C)C)C(=O)N1C. The number of nitrogens with zero attached hydrogens (tertiary/aromatic N) is 7. The van der Waals surface area contributed by atoms with Crippen molar-refractivity contribution in [2.75, 3.05) is 68.6 Å². The van der Waals surface area contributed by atoms with E-state index in [1.54, 1.807) is 84.9 Å². The molecule has 13 amide bonds. The number of aliphatic hydroxyl groups excluding tert-OH is 1. The number of unbranched alkanes of at least 4 members (excludes halogenated alkanes) is 5. The van der Waals surface area contributed by atoms with E-state index < -0.39 is 163 Å². The molecule has 0 bridgehead atoms. The van der Waals surface area contributed by atoms with Crippen molar-refractivity contribution in [3.63, 3.8) is 0 Å². The Balaban J connectivity index is 1.48. The zero-order valence-electron chi connectivity index (χ0n) is 81.2. The van der Waals surface area contributed by atoms with Gasteiger partial charge in [0, 0.05) is 80.8 Å². The van der Waals surface area contributed by atoms with Gasteiger partial charge < -0.3 is 71.3 Å². The fourth-order valence-electron chi connectivity index (χ4n) is 17.0. The number of carbonyl (C=O) groups is 13. The lowest BCUT2D eigenvalue weighted by atomic mass is 9.91. The second kappa shape index (κ2) is 52.7. The van der Waals surface area contributed by atoms with Crippen LogP contribution in [0.5, 0.6) is 0 Å². The summed E-state index contributed by atoms with van der Waals surface area (Å²) >= 11 is 0. The maximum absolute atomic E-state index is 15.9. The first-order chi connectivity index (χ1) is 60.4. The molecule has 7 N–H and O–H groups in total. The van der Waals surface area contributed by atoms with Gasteiger partial charge >= 0.3 is 0 Å². The first-order valence-electron chi connectivity index (χ1n) is 46.5. The number of hydrogen-bond acceptors (Lipinski definition) is 14. The summed E-state index contributed by atoms with van der Waals surface area (Å²) < 4.78 is 0. The molecule has 1 unspecified atom stereocenters. The van der Waals surface area contributed by atoms with Crippen LogP contribution in [0.2, 0.25) is 0 Å². The molecule has 0 saturated carbocycles. The van der Waals surface area contributed by atoms with E-state index in [2.05, 4.69) is 123 Å². The van der Waals surface area contributed by atoms with E-state index in [4.69, 9.17) is 0 Å². The van der Waals surface area contributed by atoms with E-state index in [0.29, 0.717) is 37.1 Å². The van der Waals surface area contributed by atoms with Gasteiger partial charge in [0.15, 0.2) is 0 Å². The average molecular weight is 1790 g/mol. The highest BCUT2D eigenvalue weighted by molar-refractivity contribution is 7.95. The number of carbonyl (C=O) groups excluding carboxylic acids is 13. The average Bonchev–Trinajstić information content (AvgIpc) is 0.765. The summed E-state index contributed by atoms with van der Waals surface area (Å²) in [5.74, 6) is -11.0. The minimum absolute atomic E-state index is 0.0347. The molecule has 13 atom stereocenters. The van der Waals surface area contributed by atoms with Gasteiger partial charge in [-0.25, -0.2) is 0 Å². The number of benzene rings is 4. The number of hydrogen-bond donors (Lipinski definition) is 7. The highest BCUT2D eigenvalue weighted by Crippen LogP contribution is 2.56. The largest absolute Gasteiger partial charge is 0.390 e. The fourth-order valence-corrected chi connectivity index (χ4v) is 21.4. The molecule has 128 heavy (non-hydrogen) atoms. The van der Waals surface area contributed by atoms with E-state index in [9.17, 15) is 29.1 Å². The Morgan fingerprint density at radius 1 is 0.422 bits per heavy atom. The Morgan fingerprint density at radius 2 is 0.836 bits per heavy atom. The molecule has 1 saturated heterocycles. The normalized spacial score (nSPS) is 22.4. The van der Waals surface area contributed by atoms with Crippen LogP contribution in [0.4, 0.5) is 0 Å². The lowest BCUT2D eigenvalue weighted by Crippen LogP contribution is -2.64. The first kappa shape index (κ1) is 109. The summed E-state index contributed by atoms with van der Waals surface area (Å²) in [5.41, 5.74) is 0.822. The van der Waals surface area contributed by atoms with Crippen LogP contribution in [0.15, 0.2) is 127 Å². The monoisotopic (exact) mass is 1790 g/mol. The van der Waals surface area contributed by atoms with Gasteiger partial charge in [-0.05, 0) is 187 Å². The van der Waals surface area contributed by atoms with Crippen LogP contribution in [-0.4, -0.2) is 257 Å². The third kappa shape index (κ3) is 30.6. The molecular weight excluding hydrogens is 1640 g/mol. The minimum Gasteiger partial charge on any atom is -0.390 e. The number of rotatable bonds is 34. The minimum atomic E-state index is -1.95. The van der Waals surface area contributed by atoms with Crippen LogP contribution >= 0.6 is 7.26 Å². The van der Waals surface area contributed by atoms with Crippen molar-refractivity contribution < 1.29 is 67.4 Å². The van der Waals surface area contributed by atoms with Gasteiger partial charge in [0.2, 0.25) is 70.9 Å². The molecule has 0 aromatic heterocycles. The maximum Gasteiger partial charge on any atom is 0.251 e. The topological polar surface area (TPSA) is 337 Å². The first-order valence-corrected chi connectivity index (χ1v) is 48.4. The molecule has 1 fully saturated rings. The Hall–Kier alpha value is -9.88. The predicted octanol–water partition coefficient (Wildman–Crippen LogP) is 9.84. The standard InChI is InChI=1S/C100H154N13O14P/c1-25-27-44-70(15)88(115)87-93(120)105-78(26-2)95(122)110(21)83(63-73-52-54-74(55-53-73)90(117)102-57-42-29-28-41-56-101-84(114)51-40-33-43-58-128(75-45-34-30-35-46-75,76-47-36-31-37-48-76)77-49-38-32-39-50-77)97(124)107(18)80(60-65(5)6)92(119)106-85(68(11)12)99(126)108(19)79(59-64(3)4)91(118)103-71(16)89(116)104-72(17)94(121)109(20)81(61-66(7)8)96(123)111(22)82(62-67(9)10)98(125)112(23)86(69(13)14)100(127)113(87)24/h25,27,30-32,34-39,45-50,52-55,64-72,78-83,85-88,115H,26,28-29,33,40-44,51,56-63H2,1-24H3,(H5-,101,102,103,104,105,106,114,116,117,118,119,120)/p+1/t70-,71+,72-,78+,79+,80+,81+,82+,83?,85+,86+,87+,88-/m1/s1. The third-order valence-electron chi connectivity index (χ3n) is 24.7. The zero-order chi connectivity index (χ0) is 95.7. The van der Waals surface area contributed by atoms with Crippen LogP contribution in [0, 0.1) is 41.4 Å². The molecule has 5 rings (SSSR count). The quantitative estimate of drug-likeness (QED) is 0.0130. The molecule has 708 valence electrons. The lowest BCUT2D eigenvalue weighted by Gasteiger charge is -2.41. The number of aliphatic hydroxyl groups is 1. The van der Waals surface area contributed by atoms with E-state index in [0.717, 1.165) is 49.6 Å². The Kier molecular flexibility index (Phi) is 44.7. The van der Waals surface area contributed by atoms with Gasteiger partial charge in [0.25, 0.3) is 5.91 Å². The molecular formula is C100H155N13O14P+. The smallest absolute Gasteiger partial charge is 0.251 e. The van der Waals surface area contributed by atoms with Gasteiger partial charge in [0.05, 0.1) is 12.3 Å². The van der Waals surface area contributed by atoms with Gasteiger partial charge in [-0.1, -0.05) is 189 Å². The van der Waals surface area contributed by atoms with Gasteiger partial charge in [-0.15, -0.1) is 0 Å². The van der Waals surface area contributed by atoms with Crippen LogP contribution < -0.4 is 47.8 Å². The summed E-state index contributed by atoms with van der Waals surface area (Å²) in [6.07, 6.45) is 9.65. The Bertz CT molecular complexity index is 4190. The highest BCUT2D eigenvalue weighted by atomic mass is 31.2. The lowest BCUT2D eigenvalue weighted by molar-refractivity contribution is -0.157. The highest BCUT2D eigenvalue weighted by Gasteiger charge is 2.48. The number of amides is 13. The van der Waals surface area contributed by atoms with Crippen LogP contribution in [0.1, 0.15) is 224 Å². The molecule has 27 nitrogen and oxygen atoms in total. The van der Waals surface area contributed by atoms with Crippen LogP contribution in [0.25, 0.3) is 0 Å². The second-order valence-electron chi connectivity index (χ2n) is 37.6. The van der Waals surface area contributed by atoms with E-state index in [1.165, 1.54) is 108 Å². The van der Waals surface area contributed by atoms with Gasteiger partial charge in [-0.3, -0.25) is 62.3 Å². The molecule has 0 radical (unpaired) electrons. The van der Waals surface area contributed by atoms with E-state index in [-0.39, 0.29) is 80.4 Å². The molecule has 28 heteroatoms. The summed E-state index contributed by atoms with van der Waals surface area (Å²) in [5, 5.41) is 33.9. The third-order valence-corrected chi connectivity index (χ3v) is 29.3. The van der Waals surface area contributed by atoms with Crippen LogP contribution in [-0.2, 0) is 64.0 Å². The second-order valence-corrected chi connectivity index (χ2v) is 41.2. The molecule has 1 aliphatic rings. The Morgan fingerprint density at radius 3 is 1.30 bits per heavy atom. The Labute approximate surface area is 764 Å². The zero-order valence-corrected chi connectivity index (χ0v) is 82.0. The fraction of sp³-hybridized carbons (Fsp3) is 0.610. The molecule has 1 heterocycles. The van der Waals surface area contributed by atoms with Crippen molar-refractivity contribution in [3.05, 3.63) is 139 Å². The number of allylic oxidation sites excluding steroid dienone is 2. The summed E-state index contributed by atoms with van der Waals surface area (Å²) in [6.45, 7) is 30.8. The summed E-state index contributed by atoms with van der Waals surface area (Å²) in [7, 11) is 7.99. The van der Waals surface area contributed by atoms with Crippen LogP contribution in [0.3, 0.4) is 0 Å². The summed E-state index contributed by atoms with van der Waals surface area (Å²) in [6, 6.07) is 24.4. The number of nitrogens with one attached hydrogen (secondary N) is 6. The van der Waals surface area contributed by atoms with Gasteiger partial charge in [0.1, 0.15) is 89.6 Å². The van der Waals surface area contributed by atoms with E-state index in [1.807, 2.05) is 55.4 Å². The van der Waals surface area contributed by atoms with Gasteiger partial charge in [-0.2, -0.15) is 0 Å².